The maximum Gasteiger partial charge on any atom is 0.221 e. The van der Waals surface area contributed by atoms with Crippen molar-refractivity contribution in [2.24, 2.45) is 0 Å². The highest BCUT2D eigenvalue weighted by Gasteiger charge is 2.10. The van der Waals surface area contributed by atoms with Crippen LogP contribution in [0.25, 0.3) is 0 Å². The minimum Gasteiger partial charge on any atom is -0.370 e. The fourth-order valence-electron chi connectivity index (χ4n) is 2.27. The molecule has 0 radical (unpaired) electrons. The van der Waals surface area contributed by atoms with Crippen LogP contribution in [0.1, 0.15) is 47.7 Å². The lowest BCUT2D eigenvalue weighted by atomic mass is 10.0. The highest BCUT2D eigenvalue weighted by Crippen LogP contribution is 2.16. The molecule has 0 fully saturated rings. The molecule has 2 rings (SSSR count). The Balaban J connectivity index is 2.01. The van der Waals surface area contributed by atoms with Crippen molar-refractivity contribution < 1.29 is 4.79 Å². The Morgan fingerprint density at radius 3 is 2.70 bits per heavy atom. The molecular weight excluding hydrogens is 288 g/mol. The number of nitrogens with two attached hydrogens (primary N) is 1. The molecule has 0 unspecified atom stereocenters. The molecule has 0 amide bonds. The first-order valence-corrected chi connectivity index (χ1v) is 8.05. The van der Waals surface area contributed by atoms with Gasteiger partial charge in [-0.15, -0.1) is 0 Å². The SMILES string of the molecule is CCCCNc1nc(N)ncc1CCC(=O)c1ccc(C)cc1. The number of aryl methyl sites for hydroxylation is 2. The van der Waals surface area contributed by atoms with E-state index < -0.39 is 0 Å². The molecule has 5 heteroatoms. The van der Waals surface area contributed by atoms with Crippen LogP contribution in [0.3, 0.4) is 0 Å². The number of benzene rings is 1. The standard InChI is InChI=1S/C18H24N4O/c1-3-4-11-20-17-15(12-21-18(19)22-17)9-10-16(23)14-7-5-13(2)6-8-14/h5-8,12H,3-4,9-11H2,1-2H3,(H3,19,20,21,22). The predicted molar refractivity (Wildman–Crippen MR) is 93.7 cm³/mol. The number of anilines is 2. The summed E-state index contributed by atoms with van der Waals surface area (Å²) in [6.07, 6.45) is 4.90. The number of ketones is 1. The van der Waals surface area contributed by atoms with E-state index >= 15 is 0 Å². The van der Waals surface area contributed by atoms with Crippen LogP contribution in [0.2, 0.25) is 0 Å². The van der Waals surface area contributed by atoms with E-state index in [0.29, 0.717) is 12.8 Å². The Morgan fingerprint density at radius 1 is 1.26 bits per heavy atom. The van der Waals surface area contributed by atoms with Crippen molar-refractivity contribution >= 4 is 17.5 Å². The van der Waals surface area contributed by atoms with E-state index in [9.17, 15) is 4.79 Å². The second kappa shape index (κ2) is 8.27. The van der Waals surface area contributed by atoms with Crippen LogP contribution >= 0.6 is 0 Å². The maximum atomic E-state index is 12.3. The van der Waals surface area contributed by atoms with Crippen molar-refractivity contribution in [3.8, 4) is 0 Å². The summed E-state index contributed by atoms with van der Waals surface area (Å²) in [7, 11) is 0. The van der Waals surface area contributed by atoms with Gasteiger partial charge in [-0.2, -0.15) is 4.98 Å². The molecule has 3 N–H and O–H groups in total. The molecule has 0 aliphatic heterocycles. The van der Waals surface area contributed by atoms with Crippen molar-refractivity contribution in [2.45, 2.75) is 39.5 Å². The van der Waals surface area contributed by atoms with Crippen LogP contribution in [0, 0.1) is 6.92 Å². The number of hydrogen-bond donors (Lipinski definition) is 2. The Labute approximate surface area is 137 Å². The lowest BCUT2D eigenvalue weighted by Crippen LogP contribution is -2.10. The first-order chi connectivity index (χ1) is 11.1. The first kappa shape index (κ1) is 16.9. The molecule has 1 aromatic heterocycles. The molecule has 2 aromatic rings. The zero-order chi connectivity index (χ0) is 16.7. The lowest BCUT2D eigenvalue weighted by Gasteiger charge is -2.10. The Morgan fingerprint density at radius 2 is 2.00 bits per heavy atom. The second-order valence-corrected chi connectivity index (χ2v) is 5.67. The molecule has 1 aromatic carbocycles. The van der Waals surface area contributed by atoms with E-state index in [1.54, 1.807) is 6.20 Å². The third-order valence-electron chi connectivity index (χ3n) is 3.70. The summed E-state index contributed by atoms with van der Waals surface area (Å²) < 4.78 is 0. The van der Waals surface area contributed by atoms with Gasteiger partial charge in [0.05, 0.1) is 0 Å². The number of carbonyl (C=O) groups is 1. The van der Waals surface area contributed by atoms with Crippen LogP contribution < -0.4 is 11.1 Å². The molecule has 23 heavy (non-hydrogen) atoms. The van der Waals surface area contributed by atoms with Crippen LogP contribution in [-0.2, 0) is 6.42 Å². The number of Topliss-reactive ketones (excluding diaryl/α,β-unsaturated/α-hetero) is 1. The molecular formula is C18H24N4O. The van der Waals surface area contributed by atoms with E-state index in [2.05, 4.69) is 22.2 Å². The molecule has 122 valence electrons. The van der Waals surface area contributed by atoms with Crippen LogP contribution in [0.15, 0.2) is 30.5 Å². The van der Waals surface area contributed by atoms with Gasteiger partial charge in [0.25, 0.3) is 0 Å². The molecule has 0 aliphatic carbocycles. The van der Waals surface area contributed by atoms with Crippen molar-refractivity contribution in [2.75, 3.05) is 17.6 Å². The Bertz CT molecular complexity index is 653. The van der Waals surface area contributed by atoms with Crippen molar-refractivity contribution in [1.82, 2.24) is 9.97 Å². The molecule has 0 saturated carbocycles. The number of aromatic nitrogens is 2. The summed E-state index contributed by atoms with van der Waals surface area (Å²) in [5, 5.41) is 3.28. The van der Waals surface area contributed by atoms with Gasteiger partial charge in [0.15, 0.2) is 5.78 Å². The van der Waals surface area contributed by atoms with Gasteiger partial charge in [0.2, 0.25) is 5.95 Å². The number of nitrogens with zero attached hydrogens (tertiary/aromatic N) is 2. The molecule has 0 bridgehead atoms. The lowest BCUT2D eigenvalue weighted by molar-refractivity contribution is 0.0983. The van der Waals surface area contributed by atoms with E-state index in [0.717, 1.165) is 41.9 Å². The minimum atomic E-state index is 0.126. The monoisotopic (exact) mass is 312 g/mol. The number of rotatable bonds is 8. The highest BCUT2D eigenvalue weighted by molar-refractivity contribution is 5.96. The fraction of sp³-hybridized carbons (Fsp3) is 0.389. The molecule has 0 aliphatic rings. The smallest absolute Gasteiger partial charge is 0.221 e. The van der Waals surface area contributed by atoms with Gasteiger partial charge < -0.3 is 11.1 Å². The first-order valence-electron chi connectivity index (χ1n) is 8.05. The highest BCUT2D eigenvalue weighted by atomic mass is 16.1. The quantitative estimate of drug-likeness (QED) is 0.577. The predicted octanol–water partition coefficient (Wildman–Crippen LogP) is 3.39. The number of nitrogens with one attached hydrogen (secondary N) is 1. The summed E-state index contributed by atoms with van der Waals surface area (Å²) >= 11 is 0. The third-order valence-corrected chi connectivity index (χ3v) is 3.70. The van der Waals surface area contributed by atoms with Crippen LogP contribution in [-0.4, -0.2) is 22.3 Å². The summed E-state index contributed by atoms with van der Waals surface area (Å²) in [5.74, 6) is 1.11. The van der Waals surface area contributed by atoms with Crippen molar-refractivity contribution in [1.29, 1.82) is 0 Å². The van der Waals surface area contributed by atoms with Gasteiger partial charge in [0.1, 0.15) is 5.82 Å². The van der Waals surface area contributed by atoms with Gasteiger partial charge in [-0.1, -0.05) is 43.2 Å². The largest absolute Gasteiger partial charge is 0.370 e. The molecule has 0 spiro atoms. The number of unbranched alkanes of at least 4 members (excludes halogenated alkanes) is 1. The van der Waals surface area contributed by atoms with Gasteiger partial charge in [-0.3, -0.25) is 4.79 Å². The van der Waals surface area contributed by atoms with E-state index in [4.69, 9.17) is 5.73 Å². The van der Waals surface area contributed by atoms with E-state index in [1.165, 1.54) is 0 Å². The van der Waals surface area contributed by atoms with Gasteiger partial charge in [-0.05, 0) is 19.8 Å². The summed E-state index contributed by atoms with van der Waals surface area (Å²) in [5.41, 5.74) is 8.48. The zero-order valence-electron chi connectivity index (χ0n) is 13.8. The zero-order valence-corrected chi connectivity index (χ0v) is 13.8. The summed E-state index contributed by atoms with van der Waals surface area (Å²) in [6.45, 7) is 4.98. The third kappa shape index (κ3) is 5.06. The van der Waals surface area contributed by atoms with Crippen molar-refractivity contribution in [3.05, 3.63) is 47.2 Å². The average molecular weight is 312 g/mol. The molecule has 5 nitrogen and oxygen atoms in total. The van der Waals surface area contributed by atoms with Gasteiger partial charge in [0, 0.05) is 30.3 Å². The van der Waals surface area contributed by atoms with Gasteiger partial charge >= 0.3 is 0 Å². The summed E-state index contributed by atoms with van der Waals surface area (Å²) in [4.78, 5) is 20.6. The maximum absolute atomic E-state index is 12.3. The van der Waals surface area contributed by atoms with E-state index in [-0.39, 0.29) is 11.7 Å². The second-order valence-electron chi connectivity index (χ2n) is 5.67. The van der Waals surface area contributed by atoms with E-state index in [1.807, 2.05) is 31.2 Å². The normalized spacial score (nSPS) is 10.5. The van der Waals surface area contributed by atoms with Crippen LogP contribution in [0.4, 0.5) is 11.8 Å². The Hall–Kier alpha value is -2.43. The fourth-order valence-corrected chi connectivity index (χ4v) is 2.27. The molecule has 0 saturated heterocycles. The number of nitrogen functional groups attached to an aromatic ring is 1. The number of carbonyl (C=O) groups excluding carboxylic acids is 1. The average Bonchev–Trinajstić information content (AvgIpc) is 2.54. The van der Waals surface area contributed by atoms with Crippen molar-refractivity contribution in [3.63, 3.8) is 0 Å². The molecule has 1 heterocycles. The topological polar surface area (TPSA) is 80.9 Å². The minimum absolute atomic E-state index is 0.126. The number of hydrogen-bond acceptors (Lipinski definition) is 5. The van der Waals surface area contributed by atoms with Gasteiger partial charge in [-0.25, -0.2) is 4.98 Å². The summed E-state index contributed by atoms with van der Waals surface area (Å²) in [6, 6.07) is 7.66. The Kier molecular flexibility index (Phi) is 6.09. The molecule has 0 atom stereocenters. The van der Waals surface area contributed by atoms with Crippen LogP contribution in [0.5, 0.6) is 0 Å².